The summed E-state index contributed by atoms with van der Waals surface area (Å²) in [5.41, 5.74) is -0.334. The molecule has 2 aliphatic carbocycles. The Morgan fingerprint density at radius 3 is 2.29 bits per heavy atom. The van der Waals surface area contributed by atoms with E-state index in [9.17, 15) is 36.7 Å². The van der Waals surface area contributed by atoms with Crippen LogP contribution in [0.2, 0.25) is 0 Å². The Balaban J connectivity index is 1.19. The van der Waals surface area contributed by atoms with Crippen molar-refractivity contribution in [3.63, 3.8) is 0 Å². The summed E-state index contributed by atoms with van der Waals surface area (Å²) < 4.78 is 67.1. The number of hydrogen-bond donors (Lipinski definition) is 1. The minimum atomic E-state index is -4.70. The van der Waals surface area contributed by atoms with Crippen LogP contribution in [0.15, 0.2) is 76.6 Å². The largest absolute Gasteiger partial charge is 0.493 e. The van der Waals surface area contributed by atoms with Crippen molar-refractivity contribution >= 4 is 52.2 Å². The number of methoxy groups -OCH3 is 2. The fourth-order valence-corrected chi connectivity index (χ4v) is 11.8. The number of thioether (sulfide) groups is 1. The molecule has 9 nitrogen and oxygen atoms in total. The maximum Gasteiger partial charge on any atom is 0.418 e. The summed E-state index contributed by atoms with van der Waals surface area (Å²) in [6.07, 6.45) is -4.10. The summed E-state index contributed by atoms with van der Waals surface area (Å²) in [7, 11) is 3.02. The first-order chi connectivity index (χ1) is 24.4. The van der Waals surface area contributed by atoms with Crippen molar-refractivity contribution < 1.29 is 41.4 Å². The van der Waals surface area contributed by atoms with Crippen molar-refractivity contribution in [3.05, 3.63) is 98.2 Å². The van der Waals surface area contributed by atoms with Crippen molar-refractivity contribution in [1.82, 2.24) is 4.57 Å². The Morgan fingerprint density at radius 1 is 0.922 bits per heavy atom. The maximum absolute atomic E-state index is 14.0. The topological polar surface area (TPSA) is 107 Å². The molecular weight excluding hydrogens is 711 g/mol. The lowest BCUT2D eigenvalue weighted by atomic mass is 9.68. The van der Waals surface area contributed by atoms with Crippen LogP contribution >= 0.6 is 23.1 Å². The van der Waals surface area contributed by atoms with Crippen LogP contribution in [-0.4, -0.2) is 41.8 Å². The van der Waals surface area contributed by atoms with E-state index in [1.807, 2.05) is 12.1 Å². The molecule has 0 spiro atoms. The number of ether oxygens (including phenoxy) is 2. The first kappa shape index (κ1) is 33.5. The number of para-hydroxylation sites is 1. The zero-order valence-electron chi connectivity index (χ0n) is 27.0. The number of anilines is 2. The second kappa shape index (κ2) is 12.3. The molecule has 7 unspecified atom stereocenters. The first-order valence-corrected chi connectivity index (χ1v) is 17.8. The number of aromatic nitrogens is 1. The standard InChI is InChI=1S/C36H29F4N3O6S2/c1-48-23-12-7-16(13-24(23)49-2)26-27-19-14-20(29-28(19)32(45)43(33(29)46)18-10-8-17(37)9-11-18)30(27)50-34-31(26)51-35(47)42(34)15-25(44)41-22-6-4-3-5-21(22)36(38,39)40/h3-13,19-20,26-30H,14-15H2,1-2H3,(H,41,44). The van der Waals surface area contributed by atoms with E-state index in [4.69, 9.17) is 9.47 Å². The SMILES string of the molecule is COc1ccc(C2c3sc(=O)n(CC(=O)Nc4ccccc4C(F)(F)F)c3SC3C4CC(C5C(=O)N(c6ccc(F)cc6)C(=O)C45)C23)cc1OC. The highest BCUT2D eigenvalue weighted by Crippen LogP contribution is 2.69. The predicted octanol–water partition coefficient (Wildman–Crippen LogP) is 6.40. The molecule has 2 bridgehead atoms. The molecule has 1 N–H and O–H groups in total. The van der Waals surface area contributed by atoms with Gasteiger partial charge in [0.25, 0.3) is 0 Å². The molecule has 2 saturated carbocycles. The van der Waals surface area contributed by atoms with E-state index in [1.54, 1.807) is 6.07 Å². The minimum Gasteiger partial charge on any atom is -0.493 e. The maximum atomic E-state index is 14.0. The summed E-state index contributed by atoms with van der Waals surface area (Å²) in [5.74, 6) is -3.33. The van der Waals surface area contributed by atoms with Gasteiger partial charge in [-0.15, -0.1) is 11.8 Å². The number of benzene rings is 3. The Morgan fingerprint density at radius 2 is 1.61 bits per heavy atom. The molecule has 51 heavy (non-hydrogen) atoms. The summed E-state index contributed by atoms with van der Waals surface area (Å²) in [5, 5.41) is 2.60. The molecule has 3 fully saturated rings. The van der Waals surface area contributed by atoms with Crippen molar-refractivity contribution in [1.29, 1.82) is 0 Å². The van der Waals surface area contributed by atoms with Gasteiger partial charge in [0, 0.05) is 16.0 Å². The van der Waals surface area contributed by atoms with Gasteiger partial charge in [0.1, 0.15) is 12.4 Å². The molecule has 2 aliphatic heterocycles. The molecular formula is C36H29F4N3O6S2. The second-order valence-corrected chi connectivity index (χ2v) is 15.2. The average Bonchev–Trinajstić information content (AvgIpc) is 3.83. The summed E-state index contributed by atoms with van der Waals surface area (Å²) in [6, 6.07) is 15.3. The molecule has 3 heterocycles. The van der Waals surface area contributed by atoms with Crippen LogP contribution in [0.1, 0.15) is 28.3 Å². The van der Waals surface area contributed by atoms with Gasteiger partial charge in [-0.25, -0.2) is 4.39 Å². The van der Waals surface area contributed by atoms with Gasteiger partial charge in [0.2, 0.25) is 17.7 Å². The van der Waals surface area contributed by atoms with Gasteiger partial charge < -0.3 is 14.8 Å². The lowest BCUT2D eigenvalue weighted by Crippen LogP contribution is -2.43. The second-order valence-electron chi connectivity index (χ2n) is 13.1. The first-order valence-electron chi connectivity index (χ1n) is 16.1. The van der Waals surface area contributed by atoms with Crippen molar-refractivity contribution in [2.75, 3.05) is 24.4 Å². The van der Waals surface area contributed by atoms with E-state index in [0.29, 0.717) is 33.5 Å². The van der Waals surface area contributed by atoms with Crippen LogP contribution in [0.25, 0.3) is 0 Å². The predicted molar refractivity (Wildman–Crippen MR) is 181 cm³/mol. The molecule has 264 valence electrons. The number of nitrogens with one attached hydrogen (secondary N) is 1. The Bertz CT molecular complexity index is 2150. The number of amides is 3. The highest BCUT2D eigenvalue weighted by atomic mass is 32.2. The third-order valence-corrected chi connectivity index (χ3v) is 13.4. The van der Waals surface area contributed by atoms with Gasteiger partial charge in [0.05, 0.1) is 48.0 Å². The van der Waals surface area contributed by atoms with Crippen LogP contribution in [0.4, 0.5) is 28.9 Å². The van der Waals surface area contributed by atoms with E-state index < -0.39 is 58.3 Å². The Kier molecular flexibility index (Phi) is 8.05. The van der Waals surface area contributed by atoms with E-state index >= 15 is 0 Å². The van der Waals surface area contributed by atoms with Gasteiger partial charge in [-0.1, -0.05) is 29.5 Å². The number of hydrogen-bond acceptors (Lipinski definition) is 8. The number of nitrogens with zero attached hydrogens (tertiary/aromatic N) is 2. The number of rotatable bonds is 7. The molecule has 3 amide bonds. The number of alkyl halides is 3. The number of imide groups is 1. The van der Waals surface area contributed by atoms with Crippen LogP contribution in [0, 0.1) is 35.4 Å². The zero-order chi connectivity index (χ0) is 35.9. The number of halogens is 4. The lowest BCUT2D eigenvalue weighted by Gasteiger charge is -2.43. The van der Waals surface area contributed by atoms with E-state index in [-0.39, 0.29) is 34.8 Å². The molecule has 4 aromatic rings. The quantitative estimate of drug-likeness (QED) is 0.173. The normalized spacial score (nSPS) is 26.2. The Hall–Kier alpha value is -4.63. The number of carbonyl (C=O) groups excluding carboxylic acids is 3. The lowest BCUT2D eigenvalue weighted by molar-refractivity contribution is -0.137. The number of thiazole rings is 1. The summed E-state index contributed by atoms with van der Waals surface area (Å²) in [4.78, 5) is 56.3. The fourth-order valence-electron chi connectivity index (χ4n) is 8.69. The molecule has 1 saturated heterocycles. The minimum absolute atomic E-state index is 0.184. The molecule has 8 rings (SSSR count). The third-order valence-electron chi connectivity index (χ3n) is 10.6. The van der Waals surface area contributed by atoms with Gasteiger partial charge in [-0.2, -0.15) is 13.2 Å². The van der Waals surface area contributed by atoms with E-state index in [1.165, 1.54) is 66.9 Å². The molecule has 7 atom stereocenters. The van der Waals surface area contributed by atoms with Crippen molar-refractivity contribution in [3.8, 4) is 11.5 Å². The molecule has 3 aromatic carbocycles. The van der Waals surface area contributed by atoms with Gasteiger partial charge in [-0.3, -0.25) is 28.6 Å². The van der Waals surface area contributed by atoms with Crippen molar-refractivity contribution in [2.45, 2.75) is 35.3 Å². The summed E-state index contributed by atoms with van der Waals surface area (Å²) in [6.45, 7) is -0.532. The highest BCUT2D eigenvalue weighted by molar-refractivity contribution is 8.00. The van der Waals surface area contributed by atoms with Gasteiger partial charge in [0.15, 0.2) is 11.5 Å². The molecule has 4 aliphatic rings. The van der Waals surface area contributed by atoms with E-state index in [0.717, 1.165) is 33.9 Å². The number of fused-ring (bicyclic) bond motifs is 9. The molecule has 15 heteroatoms. The smallest absolute Gasteiger partial charge is 0.418 e. The Labute approximate surface area is 296 Å². The number of carbonyl (C=O) groups is 3. The van der Waals surface area contributed by atoms with Gasteiger partial charge >= 0.3 is 11.0 Å². The average molecular weight is 740 g/mol. The van der Waals surface area contributed by atoms with Gasteiger partial charge in [-0.05, 0) is 78.3 Å². The zero-order valence-corrected chi connectivity index (χ0v) is 28.6. The molecule has 1 aromatic heterocycles. The van der Waals surface area contributed by atoms with Crippen LogP contribution in [0.5, 0.6) is 11.5 Å². The van der Waals surface area contributed by atoms with Crippen molar-refractivity contribution in [2.24, 2.45) is 29.6 Å². The fraction of sp³-hybridized carbons (Fsp3) is 0.333. The summed E-state index contributed by atoms with van der Waals surface area (Å²) >= 11 is 2.34. The molecule has 0 radical (unpaired) electrons. The van der Waals surface area contributed by atoms with Crippen LogP contribution < -0.4 is 24.6 Å². The monoisotopic (exact) mass is 739 g/mol. The van der Waals surface area contributed by atoms with Crippen LogP contribution in [0.3, 0.4) is 0 Å². The highest BCUT2D eigenvalue weighted by Gasteiger charge is 2.70. The van der Waals surface area contributed by atoms with Crippen LogP contribution in [-0.2, 0) is 27.1 Å². The van der Waals surface area contributed by atoms with E-state index in [2.05, 4.69) is 5.32 Å². The third kappa shape index (κ3) is 5.26.